The van der Waals surface area contributed by atoms with Gasteiger partial charge in [0.2, 0.25) is 5.91 Å². The van der Waals surface area contributed by atoms with Crippen molar-refractivity contribution in [3.05, 3.63) is 58.9 Å². The average molecular weight is 378 g/mol. The lowest BCUT2D eigenvalue weighted by molar-refractivity contribution is -0.115. The molecule has 1 aromatic heterocycles. The quantitative estimate of drug-likeness (QED) is 0.685. The van der Waals surface area contributed by atoms with E-state index in [4.69, 9.17) is 11.6 Å². The number of halogens is 2. The van der Waals surface area contributed by atoms with Crippen LogP contribution in [-0.4, -0.2) is 17.4 Å². The summed E-state index contributed by atoms with van der Waals surface area (Å²) in [4.78, 5) is 16.5. The average Bonchev–Trinajstić information content (AvgIpc) is 2.94. The second-order valence-corrected chi connectivity index (χ2v) is 7.63. The minimum atomic E-state index is -0.390. The van der Waals surface area contributed by atoms with Crippen LogP contribution in [0, 0.1) is 5.82 Å². The molecule has 130 valence electrons. The number of rotatable bonds is 5. The molecular weight excluding hydrogens is 361 g/mol. The number of hydrogen-bond acceptors (Lipinski definition) is 4. The summed E-state index contributed by atoms with van der Waals surface area (Å²) in [5, 5.41) is 7.09. The molecule has 0 unspecified atom stereocenters. The van der Waals surface area contributed by atoms with Crippen molar-refractivity contribution in [2.24, 2.45) is 0 Å². The van der Waals surface area contributed by atoms with E-state index in [-0.39, 0.29) is 18.3 Å². The number of hydrogen-bond donors (Lipinski definition) is 2. The van der Waals surface area contributed by atoms with Crippen LogP contribution < -0.4 is 10.6 Å². The second-order valence-electron chi connectivity index (χ2n) is 6.16. The smallest absolute Gasteiger partial charge is 0.240 e. The Balaban J connectivity index is 1.62. The van der Waals surface area contributed by atoms with Crippen molar-refractivity contribution in [2.75, 3.05) is 11.9 Å². The molecule has 25 heavy (non-hydrogen) atoms. The summed E-state index contributed by atoms with van der Waals surface area (Å²) in [5.41, 5.74) is 1.30. The first-order valence-electron chi connectivity index (χ1n) is 7.70. The first kappa shape index (κ1) is 17.8. The third kappa shape index (κ3) is 4.34. The maximum atomic E-state index is 13.2. The number of anilines is 1. The van der Waals surface area contributed by atoms with Crippen LogP contribution in [0.5, 0.6) is 0 Å². The number of carbonyl (C=O) groups excluding carboxylic acids is 1. The third-order valence-electron chi connectivity index (χ3n) is 3.85. The maximum absolute atomic E-state index is 13.2. The fourth-order valence-electron chi connectivity index (χ4n) is 2.39. The summed E-state index contributed by atoms with van der Waals surface area (Å²) in [6, 6.07) is 11.8. The molecule has 0 bridgehead atoms. The molecule has 0 fully saturated rings. The molecule has 0 aliphatic heterocycles. The Morgan fingerprint density at radius 2 is 1.96 bits per heavy atom. The molecule has 1 amide bonds. The number of benzene rings is 2. The van der Waals surface area contributed by atoms with Gasteiger partial charge in [-0.1, -0.05) is 35.1 Å². The molecule has 0 aliphatic carbocycles. The summed E-state index contributed by atoms with van der Waals surface area (Å²) >= 11 is 7.15. The molecular formula is C18H17ClFN3OS. The molecule has 0 saturated heterocycles. The molecule has 0 radical (unpaired) electrons. The lowest BCUT2D eigenvalue weighted by Crippen LogP contribution is -2.41. The Bertz CT molecular complexity index is 908. The molecule has 2 N–H and O–H groups in total. The summed E-state index contributed by atoms with van der Waals surface area (Å²) < 4.78 is 13.9. The fourth-order valence-corrected chi connectivity index (χ4v) is 3.42. The van der Waals surface area contributed by atoms with Gasteiger partial charge in [-0.05, 0) is 49.7 Å². The van der Waals surface area contributed by atoms with Gasteiger partial charge in [-0.15, -0.1) is 0 Å². The van der Waals surface area contributed by atoms with Gasteiger partial charge < -0.3 is 5.32 Å². The number of aromatic nitrogens is 1. The minimum Gasteiger partial charge on any atom is -0.301 e. The monoisotopic (exact) mass is 377 g/mol. The summed E-state index contributed by atoms with van der Waals surface area (Å²) in [6.07, 6.45) is 0. The van der Waals surface area contributed by atoms with E-state index in [1.54, 1.807) is 6.07 Å². The van der Waals surface area contributed by atoms with Gasteiger partial charge in [0, 0.05) is 10.6 Å². The second kappa shape index (κ2) is 7.07. The van der Waals surface area contributed by atoms with E-state index in [0.29, 0.717) is 20.4 Å². The van der Waals surface area contributed by atoms with Gasteiger partial charge in [-0.25, -0.2) is 9.37 Å². The van der Waals surface area contributed by atoms with Gasteiger partial charge in [-0.3, -0.25) is 10.1 Å². The molecule has 0 saturated carbocycles. The zero-order valence-corrected chi connectivity index (χ0v) is 15.3. The van der Waals surface area contributed by atoms with E-state index in [9.17, 15) is 9.18 Å². The number of fused-ring (bicyclic) bond motifs is 1. The topological polar surface area (TPSA) is 54.0 Å². The third-order valence-corrected chi connectivity index (χ3v) is 5.04. The number of amides is 1. The zero-order valence-electron chi connectivity index (χ0n) is 13.8. The predicted molar refractivity (Wildman–Crippen MR) is 101 cm³/mol. The maximum Gasteiger partial charge on any atom is 0.240 e. The van der Waals surface area contributed by atoms with Crippen molar-refractivity contribution < 1.29 is 9.18 Å². The van der Waals surface area contributed by atoms with E-state index in [2.05, 4.69) is 15.6 Å². The number of carbonyl (C=O) groups is 1. The lowest BCUT2D eigenvalue weighted by Gasteiger charge is -2.26. The van der Waals surface area contributed by atoms with Crippen molar-refractivity contribution in [1.29, 1.82) is 0 Å². The largest absolute Gasteiger partial charge is 0.301 e. The van der Waals surface area contributed by atoms with Crippen LogP contribution in [0.15, 0.2) is 42.5 Å². The number of nitrogens with one attached hydrogen (secondary N) is 2. The van der Waals surface area contributed by atoms with Crippen LogP contribution in [0.2, 0.25) is 5.02 Å². The van der Waals surface area contributed by atoms with Gasteiger partial charge in [-0.2, -0.15) is 0 Å². The Labute approximate surface area is 154 Å². The first-order chi connectivity index (χ1) is 11.8. The highest BCUT2D eigenvalue weighted by atomic mass is 35.5. The Morgan fingerprint density at radius 3 is 2.68 bits per heavy atom. The van der Waals surface area contributed by atoms with Crippen LogP contribution >= 0.6 is 22.9 Å². The van der Waals surface area contributed by atoms with Crippen LogP contribution in [0.3, 0.4) is 0 Å². The van der Waals surface area contributed by atoms with Gasteiger partial charge in [0.25, 0.3) is 0 Å². The molecule has 0 atom stereocenters. The Kier molecular flexibility index (Phi) is 5.03. The lowest BCUT2D eigenvalue weighted by atomic mass is 9.94. The van der Waals surface area contributed by atoms with Crippen molar-refractivity contribution >= 4 is 44.2 Å². The molecule has 4 nitrogen and oxygen atoms in total. The van der Waals surface area contributed by atoms with Gasteiger partial charge >= 0.3 is 0 Å². The zero-order chi connectivity index (χ0) is 18.0. The molecule has 3 aromatic rings. The first-order valence-corrected chi connectivity index (χ1v) is 8.90. The van der Waals surface area contributed by atoms with Crippen molar-refractivity contribution in [3.63, 3.8) is 0 Å². The normalized spacial score (nSPS) is 11.7. The van der Waals surface area contributed by atoms with E-state index in [0.717, 1.165) is 5.56 Å². The van der Waals surface area contributed by atoms with E-state index in [1.165, 1.54) is 23.5 Å². The SMILES string of the molecule is CC(C)(NCC(=O)Nc1nc2ccc(F)cc2s1)c1ccc(Cl)cc1. The predicted octanol–water partition coefficient (Wildman–Crippen LogP) is 4.55. The van der Waals surface area contributed by atoms with E-state index < -0.39 is 5.54 Å². The Hall–Kier alpha value is -2.02. The van der Waals surface area contributed by atoms with Crippen LogP contribution in [0.1, 0.15) is 19.4 Å². The molecule has 0 spiro atoms. The number of nitrogens with zero attached hydrogens (tertiary/aromatic N) is 1. The molecule has 3 rings (SSSR count). The standard InChI is InChI=1S/C18H17ClFN3OS/c1-18(2,11-3-5-12(19)6-4-11)21-10-16(24)23-17-22-14-8-7-13(20)9-15(14)25-17/h3-9,21H,10H2,1-2H3,(H,22,23,24). The van der Waals surface area contributed by atoms with Crippen LogP contribution in [0.4, 0.5) is 9.52 Å². The molecule has 2 aromatic carbocycles. The van der Waals surface area contributed by atoms with Crippen LogP contribution in [-0.2, 0) is 10.3 Å². The van der Waals surface area contributed by atoms with Gasteiger partial charge in [0.05, 0.1) is 16.8 Å². The highest BCUT2D eigenvalue weighted by Crippen LogP contribution is 2.26. The number of thiazole rings is 1. The van der Waals surface area contributed by atoms with E-state index >= 15 is 0 Å². The van der Waals surface area contributed by atoms with Crippen LogP contribution in [0.25, 0.3) is 10.2 Å². The highest BCUT2D eigenvalue weighted by molar-refractivity contribution is 7.22. The summed E-state index contributed by atoms with van der Waals surface area (Å²) in [7, 11) is 0. The Morgan fingerprint density at radius 1 is 1.24 bits per heavy atom. The van der Waals surface area contributed by atoms with Gasteiger partial charge in [0.15, 0.2) is 5.13 Å². The van der Waals surface area contributed by atoms with Crippen molar-refractivity contribution in [2.45, 2.75) is 19.4 Å². The van der Waals surface area contributed by atoms with Crippen molar-refractivity contribution in [1.82, 2.24) is 10.3 Å². The fraction of sp³-hybridized carbons (Fsp3) is 0.222. The van der Waals surface area contributed by atoms with Crippen molar-refractivity contribution in [3.8, 4) is 0 Å². The summed E-state index contributed by atoms with van der Waals surface area (Å²) in [5.74, 6) is -0.526. The van der Waals surface area contributed by atoms with E-state index in [1.807, 2.05) is 38.1 Å². The van der Waals surface area contributed by atoms with Gasteiger partial charge in [0.1, 0.15) is 5.82 Å². The summed E-state index contributed by atoms with van der Waals surface area (Å²) in [6.45, 7) is 4.11. The molecule has 0 aliphatic rings. The molecule has 1 heterocycles. The minimum absolute atomic E-state index is 0.125. The highest BCUT2D eigenvalue weighted by Gasteiger charge is 2.21. The molecule has 7 heteroatoms.